The number of hydrogen-bond donors (Lipinski definition) is 0. The quantitative estimate of drug-likeness (QED) is 0.787. The number of aromatic nitrogens is 3. The molecule has 0 spiro atoms. The van der Waals surface area contributed by atoms with Crippen molar-refractivity contribution in [3.8, 4) is 5.69 Å². The first-order valence-corrected chi connectivity index (χ1v) is 4.74. The first kappa shape index (κ1) is 8.72. The van der Waals surface area contributed by atoms with Gasteiger partial charge >= 0.3 is 0 Å². The maximum Gasteiger partial charge on any atom is 0.138 e. The van der Waals surface area contributed by atoms with E-state index in [1.54, 1.807) is 11.0 Å². The van der Waals surface area contributed by atoms with E-state index in [0.717, 1.165) is 10.2 Å². The molecule has 5 heteroatoms. The predicted octanol–water partition coefficient (Wildman–Crippen LogP) is 2.68. The molecule has 2 rings (SSSR count). The molecule has 13 heavy (non-hydrogen) atoms. The van der Waals surface area contributed by atoms with Gasteiger partial charge in [0.2, 0.25) is 0 Å². The highest BCUT2D eigenvalue weighted by molar-refractivity contribution is 9.10. The van der Waals surface area contributed by atoms with E-state index in [2.05, 4.69) is 26.0 Å². The fourth-order valence-corrected chi connectivity index (χ4v) is 1.86. The van der Waals surface area contributed by atoms with Crippen LogP contribution >= 0.6 is 27.5 Å². The molecule has 1 aromatic carbocycles. The minimum atomic E-state index is 0.667. The molecule has 0 radical (unpaired) electrons. The van der Waals surface area contributed by atoms with Crippen molar-refractivity contribution in [2.24, 2.45) is 0 Å². The number of benzene rings is 1. The van der Waals surface area contributed by atoms with Crippen LogP contribution in [-0.4, -0.2) is 14.8 Å². The Morgan fingerprint density at radius 3 is 2.77 bits per heavy atom. The third-order valence-electron chi connectivity index (χ3n) is 1.53. The normalized spacial score (nSPS) is 10.3. The molecule has 0 amide bonds. The van der Waals surface area contributed by atoms with Gasteiger partial charge < -0.3 is 0 Å². The van der Waals surface area contributed by atoms with Crippen LogP contribution in [0.4, 0.5) is 0 Å². The zero-order chi connectivity index (χ0) is 9.26. The monoisotopic (exact) mass is 257 g/mol. The van der Waals surface area contributed by atoms with Gasteiger partial charge in [0.15, 0.2) is 0 Å². The van der Waals surface area contributed by atoms with E-state index >= 15 is 0 Å². The molecule has 0 saturated heterocycles. The predicted molar refractivity (Wildman–Crippen MR) is 54.1 cm³/mol. The van der Waals surface area contributed by atoms with Gasteiger partial charge in [0.1, 0.15) is 12.7 Å². The van der Waals surface area contributed by atoms with E-state index in [1.165, 1.54) is 6.33 Å². The zero-order valence-electron chi connectivity index (χ0n) is 6.48. The summed E-state index contributed by atoms with van der Waals surface area (Å²) in [6, 6.07) is 5.56. The Morgan fingerprint density at radius 2 is 2.15 bits per heavy atom. The van der Waals surface area contributed by atoms with Crippen LogP contribution in [0.1, 0.15) is 0 Å². The van der Waals surface area contributed by atoms with Gasteiger partial charge in [0, 0.05) is 9.50 Å². The molecule has 1 heterocycles. The lowest BCUT2D eigenvalue weighted by atomic mass is 10.3. The van der Waals surface area contributed by atoms with Gasteiger partial charge in [-0.2, -0.15) is 5.10 Å². The highest BCUT2D eigenvalue weighted by atomic mass is 79.9. The molecule has 3 nitrogen and oxygen atoms in total. The van der Waals surface area contributed by atoms with Crippen LogP contribution in [0, 0.1) is 0 Å². The maximum absolute atomic E-state index is 5.88. The standard InChI is InChI=1S/C8H5BrClN3/c9-6-1-7(10)3-8(2-6)13-5-11-4-12-13/h1-5H. The Balaban J connectivity index is 2.53. The summed E-state index contributed by atoms with van der Waals surface area (Å²) >= 11 is 9.23. The van der Waals surface area contributed by atoms with Crippen LogP contribution in [0.15, 0.2) is 35.3 Å². The molecular weight excluding hydrogens is 253 g/mol. The van der Waals surface area contributed by atoms with Gasteiger partial charge in [-0.25, -0.2) is 9.67 Å². The minimum absolute atomic E-state index is 0.667. The molecule has 0 fully saturated rings. The summed E-state index contributed by atoms with van der Waals surface area (Å²) in [4.78, 5) is 3.85. The van der Waals surface area contributed by atoms with Crippen molar-refractivity contribution in [2.75, 3.05) is 0 Å². The van der Waals surface area contributed by atoms with E-state index in [9.17, 15) is 0 Å². The van der Waals surface area contributed by atoms with Gasteiger partial charge in [0.25, 0.3) is 0 Å². The Bertz CT molecular complexity index is 393. The fraction of sp³-hybridized carbons (Fsp3) is 0. The molecule has 0 aliphatic carbocycles. The van der Waals surface area contributed by atoms with Crippen LogP contribution in [0.3, 0.4) is 0 Å². The lowest BCUT2D eigenvalue weighted by molar-refractivity contribution is 0.878. The van der Waals surface area contributed by atoms with Crippen molar-refractivity contribution >= 4 is 27.5 Å². The minimum Gasteiger partial charge on any atom is -0.223 e. The molecular formula is C8H5BrClN3. The lowest BCUT2D eigenvalue weighted by Gasteiger charge is -2.01. The van der Waals surface area contributed by atoms with Crippen molar-refractivity contribution in [2.45, 2.75) is 0 Å². The van der Waals surface area contributed by atoms with Gasteiger partial charge in [-0.05, 0) is 18.2 Å². The number of hydrogen-bond acceptors (Lipinski definition) is 2. The lowest BCUT2D eigenvalue weighted by Crippen LogP contribution is -1.93. The number of halogens is 2. The molecule has 2 aromatic rings. The van der Waals surface area contributed by atoms with Gasteiger partial charge in [-0.15, -0.1) is 0 Å². The van der Waals surface area contributed by atoms with Gasteiger partial charge in [-0.3, -0.25) is 0 Å². The van der Waals surface area contributed by atoms with Crippen LogP contribution < -0.4 is 0 Å². The molecule has 0 bridgehead atoms. The molecule has 0 N–H and O–H groups in total. The second-order valence-corrected chi connectivity index (χ2v) is 3.82. The average Bonchev–Trinajstić information content (AvgIpc) is 2.53. The molecule has 0 aliphatic rings. The average molecular weight is 259 g/mol. The molecule has 66 valence electrons. The van der Waals surface area contributed by atoms with Gasteiger partial charge in [0.05, 0.1) is 5.69 Å². The summed E-state index contributed by atoms with van der Waals surface area (Å²) in [7, 11) is 0. The van der Waals surface area contributed by atoms with Crippen molar-refractivity contribution in [1.82, 2.24) is 14.8 Å². The van der Waals surface area contributed by atoms with Crippen LogP contribution in [0.5, 0.6) is 0 Å². The smallest absolute Gasteiger partial charge is 0.138 e. The summed E-state index contributed by atoms with van der Waals surface area (Å²) in [6.45, 7) is 0. The Morgan fingerprint density at radius 1 is 1.31 bits per heavy atom. The third-order valence-corrected chi connectivity index (χ3v) is 2.21. The molecule has 0 saturated carbocycles. The Hall–Kier alpha value is -0.870. The van der Waals surface area contributed by atoms with E-state index in [-0.39, 0.29) is 0 Å². The maximum atomic E-state index is 5.88. The van der Waals surface area contributed by atoms with Crippen molar-refractivity contribution < 1.29 is 0 Å². The largest absolute Gasteiger partial charge is 0.223 e. The summed E-state index contributed by atoms with van der Waals surface area (Å²) in [5, 5.41) is 4.66. The number of rotatable bonds is 1. The molecule has 0 atom stereocenters. The topological polar surface area (TPSA) is 30.7 Å². The second kappa shape index (κ2) is 3.47. The van der Waals surface area contributed by atoms with Crippen LogP contribution in [0.2, 0.25) is 5.02 Å². The van der Waals surface area contributed by atoms with Crippen molar-refractivity contribution in [1.29, 1.82) is 0 Å². The second-order valence-electron chi connectivity index (χ2n) is 2.47. The van der Waals surface area contributed by atoms with Gasteiger partial charge in [-0.1, -0.05) is 27.5 Å². The van der Waals surface area contributed by atoms with Crippen molar-refractivity contribution in [3.63, 3.8) is 0 Å². The molecule has 0 aliphatic heterocycles. The summed E-state index contributed by atoms with van der Waals surface area (Å²) in [5.74, 6) is 0. The summed E-state index contributed by atoms with van der Waals surface area (Å²) in [6.07, 6.45) is 3.10. The summed E-state index contributed by atoms with van der Waals surface area (Å²) in [5.41, 5.74) is 0.886. The zero-order valence-corrected chi connectivity index (χ0v) is 8.83. The van der Waals surface area contributed by atoms with Crippen LogP contribution in [-0.2, 0) is 0 Å². The van der Waals surface area contributed by atoms with Crippen LogP contribution in [0.25, 0.3) is 5.69 Å². The first-order valence-electron chi connectivity index (χ1n) is 3.57. The highest BCUT2D eigenvalue weighted by Gasteiger charge is 1.99. The molecule has 1 aromatic heterocycles. The first-order chi connectivity index (χ1) is 6.25. The van der Waals surface area contributed by atoms with E-state index in [0.29, 0.717) is 5.02 Å². The van der Waals surface area contributed by atoms with Crippen molar-refractivity contribution in [3.05, 3.63) is 40.3 Å². The highest BCUT2D eigenvalue weighted by Crippen LogP contribution is 2.21. The molecule has 0 unspecified atom stereocenters. The Labute approximate surface area is 88.5 Å². The SMILES string of the molecule is Clc1cc(Br)cc(-n2cncn2)c1. The number of nitrogens with zero attached hydrogens (tertiary/aromatic N) is 3. The summed E-state index contributed by atoms with van der Waals surface area (Å²) < 4.78 is 2.57. The third kappa shape index (κ3) is 1.89. The van der Waals surface area contributed by atoms with E-state index in [4.69, 9.17) is 11.6 Å². The fourth-order valence-electron chi connectivity index (χ4n) is 1.01. The van der Waals surface area contributed by atoms with E-state index in [1.807, 2.05) is 18.2 Å². The van der Waals surface area contributed by atoms with E-state index < -0.39 is 0 Å². The Kier molecular flexibility index (Phi) is 2.33.